The fourth-order valence-corrected chi connectivity index (χ4v) is 2.78. The number of hydrogen-bond acceptors (Lipinski definition) is 4. The third kappa shape index (κ3) is 6.29. The Hall–Kier alpha value is -0.700. The second-order valence-electron chi connectivity index (χ2n) is 4.95. The van der Waals surface area contributed by atoms with Crippen molar-refractivity contribution in [3.8, 4) is 5.88 Å². The molecule has 0 bridgehead atoms. The van der Waals surface area contributed by atoms with Gasteiger partial charge in [0, 0.05) is 36.9 Å². The van der Waals surface area contributed by atoms with Crippen molar-refractivity contribution in [3.63, 3.8) is 0 Å². The maximum absolute atomic E-state index is 6.01. The van der Waals surface area contributed by atoms with Crippen molar-refractivity contribution in [2.45, 2.75) is 26.5 Å². The van der Waals surface area contributed by atoms with Crippen LogP contribution in [-0.2, 0) is 6.54 Å². The summed E-state index contributed by atoms with van der Waals surface area (Å²) < 4.78 is 5.51. The van der Waals surface area contributed by atoms with Gasteiger partial charge in [0.1, 0.15) is 0 Å². The van der Waals surface area contributed by atoms with Crippen LogP contribution in [0.2, 0.25) is 0 Å². The molecule has 0 amide bonds. The van der Waals surface area contributed by atoms with E-state index in [2.05, 4.69) is 14.9 Å². The van der Waals surface area contributed by atoms with Gasteiger partial charge in [-0.05, 0) is 19.4 Å². The standard InChI is InChI=1S/C14H22N4OS.HI/c1-11(2)19-13-4-3-12(9-16-13)10-17-14(15)18-5-7-20-8-6-18;/h3-4,9,11H,5-8,10H2,1-2H3,(H2,15,17);1H. The summed E-state index contributed by atoms with van der Waals surface area (Å²) in [6, 6.07) is 3.85. The first-order valence-corrected chi connectivity index (χ1v) is 8.05. The van der Waals surface area contributed by atoms with Crippen LogP contribution in [0.5, 0.6) is 5.88 Å². The Morgan fingerprint density at radius 1 is 1.43 bits per heavy atom. The minimum Gasteiger partial charge on any atom is -0.475 e. The third-order valence-corrected chi connectivity index (χ3v) is 3.86. The van der Waals surface area contributed by atoms with Gasteiger partial charge in [-0.15, -0.1) is 24.0 Å². The van der Waals surface area contributed by atoms with E-state index in [0.717, 1.165) is 30.2 Å². The average molecular weight is 422 g/mol. The Bertz CT molecular complexity index is 447. The van der Waals surface area contributed by atoms with Crippen LogP contribution in [0.3, 0.4) is 0 Å². The van der Waals surface area contributed by atoms with Gasteiger partial charge in [0.15, 0.2) is 5.96 Å². The third-order valence-electron chi connectivity index (χ3n) is 2.91. The topological polar surface area (TPSA) is 63.7 Å². The molecule has 118 valence electrons. The van der Waals surface area contributed by atoms with Crippen LogP contribution in [0.25, 0.3) is 0 Å². The number of ether oxygens (including phenoxy) is 1. The molecule has 2 rings (SSSR count). The molecule has 7 heteroatoms. The first kappa shape index (κ1) is 18.3. The zero-order chi connectivity index (χ0) is 14.4. The van der Waals surface area contributed by atoms with Gasteiger partial charge in [-0.25, -0.2) is 9.98 Å². The molecular weight excluding hydrogens is 399 g/mol. The summed E-state index contributed by atoms with van der Waals surface area (Å²) in [5.74, 6) is 3.53. The van der Waals surface area contributed by atoms with Crippen molar-refractivity contribution in [1.29, 1.82) is 0 Å². The number of guanidine groups is 1. The number of rotatable bonds is 4. The monoisotopic (exact) mass is 422 g/mol. The lowest BCUT2D eigenvalue weighted by atomic mass is 10.3. The van der Waals surface area contributed by atoms with Crippen molar-refractivity contribution < 1.29 is 4.74 Å². The molecule has 5 nitrogen and oxygen atoms in total. The molecule has 0 unspecified atom stereocenters. The van der Waals surface area contributed by atoms with E-state index in [1.807, 2.05) is 37.7 Å². The summed E-state index contributed by atoms with van der Waals surface area (Å²) in [6.07, 6.45) is 1.93. The zero-order valence-electron chi connectivity index (χ0n) is 12.5. The fraction of sp³-hybridized carbons (Fsp3) is 0.571. The molecular formula is C14H23IN4OS. The Morgan fingerprint density at radius 3 is 2.71 bits per heavy atom. The van der Waals surface area contributed by atoms with Gasteiger partial charge in [0.2, 0.25) is 5.88 Å². The molecule has 1 saturated heterocycles. The van der Waals surface area contributed by atoms with Crippen LogP contribution in [0.1, 0.15) is 19.4 Å². The Labute approximate surface area is 147 Å². The molecule has 0 saturated carbocycles. The SMILES string of the molecule is CC(C)Oc1ccc(CN=C(N)N2CCSCC2)cn1.I. The molecule has 1 aliphatic heterocycles. The first-order chi connectivity index (χ1) is 9.65. The summed E-state index contributed by atoms with van der Waals surface area (Å²) in [5, 5.41) is 0. The van der Waals surface area contributed by atoms with Crippen molar-refractivity contribution in [2.75, 3.05) is 24.6 Å². The van der Waals surface area contributed by atoms with Crippen LogP contribution in [0.4, 0.5) is 0 Å². The molecule has 0 spiro atoms. The second kappa shape index (κ2) is 9.34. The second-order valence-corrected chi connectivity index (χ2v) is 6.17. The normalized spacial score (nSPS) is 15.8. The highest BCUT2D eigenvalue weighted by Crippen LogP contribution is 2.11. The number of hydrogen-bond donors (Lipinski definition) is 1. The van der Waals surface area contributed by atoms with Gasteiger partial charge in [0.05, 0.1) is 12.6 Å². The summed E-state index contributed by atoms with van der Waals surface area (Å²) >= 11 is 1.96. The number of thioether (sulfide) groups is 1. The molecule has 0 atom stereocenters. The lowest BCUT2D eigenvalue weighted by Gasteiger charge is -2.27. The summed E-state index contributed by atoms with van der Waals surface area (Å²) in [6.45, 7) is 6.50. The molecule has 2 heterocycles. The number of aliphatic imine (C=N–C) groups is 1. The van der Waals surface area contributed by atoms with Crippen LogP contribution in [-0.4, -0.2) is 46.5 Å². The highest BCUT2D eigenvalue weighted by atomic mass is 127. The van der Waals surface area contributed by atoms with Crippen LogP contribution in [0.15, 0.2) is 23.3 Å². The van der Waals surface area contributed by atoms with E-state index in [4.69, 9.17) is 10.5 Å². The molecule has 0 radical (unpaired) electrons. The van der Waals surface area contributed by atoms with E-state index in [-0.39, 0.29) is 30.1 Å². The number of nitrogens with zero attached hydrogens (tertiary/aromatic N) is 3. The van der Waals surface area contributed by atoms with E-state index < -0.39 is 0 Å². The maximum atomic E-state index is 6.01. The lowest BCUT2D eigenvalue weighted by Crippen LogP contribution is -2.42. The molecule has 1 aliphatic rings. The average Bonchev–Trinajstić information content (AvgIpc) is 2.46. The van der Waals surface area contributed by atoms with Crippen molar-refractivity contribution >= 4 is 41.7 Å². The highest BCUT2D eigenvalue weighted by molar-refractivity contribution is 14.0. The smallest absolute Gasteiger partial charge is 0.213 e. The predicted octanol–water partition coefficient (Wildman–Crippen LogP) is 2.35. The van der Waals surface area contributed by atoms with Gasteiger partial charge in [-0.3, -0.25) is 0 Å². The van der Waals surface area contributed by atoms with Crippen LogP contribution >= 0.6 is 35.7 Å². The fourth-order valence-electron chi connectivity index (χ4n) is 1.88. The molecule has 1 aromatic heterocycles. The van der Waals surface area contributed by atoms with Gasteiger partial charge in [-0.2, -0.15) is 11.8 Å². The minimum absolute atomic E-state index is 0. The van der Waals surface area contributed by atoms with E-state index in [9.17, 15) is 0 Å². The zero-order valence-corrected chi connectivity index (χ0v) is 15.6. The summed E-state index contributed by atoms with van der Waals surface area (Å²) in [4.78, 5) is 10.8. The van der Waals surface area contributed by atoms with Gasteiger partial charge in [-0.1, -0.05) is 6.07 Å². The van der Waals surface area contributed by atoms with E-state index in [1.54, 1.807) is 6.20 Å². The number of halogens is 1. The summed E-state index contributed by atoms with van der Waals surface area (Å²) in [7, 11) is 0. The molecule has 1 fully saturated rings. The van der Waals surface area contributed by atoms with Crippen molar-refractivity contribution in [1.82, 2.24) is 9.88 Å². The maximum Gasteiger partial charge on any atom is 0.213 e. The number of aromatic nitrogens is 1. The molecule has 21 heavy (non-hydrogen) atoms. The van der Waals surface area contributed by atoms with E-state index in [1.165, 1.54) is 0 Å². The number of pyridine rings is 1. The van der Waals surface area contributed by atoms with Crippen LogP contribution in [0, 0.1) is 0 Å². The van der Waals surface area contributed by atoms with Gasteiger partial charge < -0.3 is 15.4 Å². The first-order valence-electron chi connectivity index (χ1n) is 6.89. The molecule has 0 aliphatic carbocycles. The Balaban J connectivity index is 0.00000220. The minimum atomic E-state index is 0. The largest absolute Gasteiger partial charge is 0.475 e. The lowest BCUT2D eigenvalue weighted by molar-refractivity contribution is 0.232. The molecule has 1 aromatic rings. The van der Waals surface area contributed by atoms with Gasteiger partial charge >= 0.3 is 0 Å². The van der Waals surface area contributed by atoms with Crippen molar-refractivity contribution in [3.05, 3.63) is 23.9 Å². The van der Waals surface area contributed by atoms with Crippen molar-refractivity contribution in [2.24, 2.45) is 10.7 Å². The Kier molecular flexibility index (Phi) is 8.16. The van der Waals surface area contributed by atoms with Crippen LogP contribution < -0.4 is 10.5 Å². The predicted molar refractivity (Wildman–Crippen MR) is 99.6 cm³/mol. The van der Waals surface area contributed by atoms with E-state index in [0.29, 0.717) is 18.4 Å². The number of nitrogens with two attached hydrogens (primary N) is 1. The highest BCUT2D eigenvalue weighted by Gasteiger charge is 2.11. The Morgan fingerprint density at radius 2 is 2.14 bits per heavy atom. The molecule has 2 N–H and O–H groups in total. The van der Waals surface area contributed by atoms with Gasteiger partial charge in [0.25, 0.3) is 0 Å². The molecule has 0 aromatic carbocycles. The summed E-state index contributed by atoms with van der Waals surface area (Å²) in [5.41, 5.74) is 7.05. The quantitative estimate of drug-likeness (QED) is 0.459. The van der Waals surface area contributed by atoms with E-state index >= 15 is 0 Å².